The largest absolute Gasteiger partial charge is 0.416 e. The molecule has 0 aliphatic heterocycles. The first-order valence-electron chi connectivity index (χ1n) is 7.52. The quantitative estimate of drug-likeness (QED) is 0.230. The first-order chi connectivity index (χ1) is 11.7. The summed E-state index contributed by atoms with van der Waals surface area (Å²) in [5.41, 5.74) is -2.06. The summed E-state index contributed by atoms with van der Waals surface area (Å²) in [6.45, 7) is 3.16. The average molecular weight is 526 g/mol. The third kappa shape index (κ3) is 9.55. The second-order valence-corrected chi connectivity index (χ2v) is 8.09. The predicted octanol–water partition coefficient (Wildman–Crippen LogP) is 2.46. The van der Waals surface area contributed by atoms with Crippen LogP contribution in [0, 0.1) is 5.82 Å². The van der Waals surface area contributed by atoms with E-state index in [2.05, 4.69) is 20.3 Å². The van der Waals surface area contributed by atoms with Crippen LogP contribution in [0.2, 0.25) is 0 Å². The number of benzene rings is 1. The summed E-state index contributed by atoms with van der Waals surface area (Å²) in [5.74, 6) is -0.803. The molecule has 0 amide bonds. The van der Waals surface area contributed by atoms with E-state index in [4.69, 9.17) is 0 Å². The van der Waals surface area contributed by atoms with Gasteiger partial charge in [-0.3, -0.25) is 4.99 Å². The van der Waals surface area contributed by atoms with Gasteiger partial charge in [-0.25, -0.2) is 17.5 Å². The summed E-state index contributed by atoms with van der Waals surface area (Å²) >= 11 is 0. The Morgan fingerprint density at radius 2 is 1.78 bits per heavy atom. The lowest BCUT2D eigenvalue weighted by Crippen LogP contribution is -2.52. The van der Waals surface area contributed by atoms with E-state index in [0.717, 1.165) is 18.4 Å². The fourth-order valence-electron chi connectivity index (χ4n) is 2.21. The molecule has 27 heavy (non-hydrogen) atoms. The van der Waals surface area contributed by atoms with Gasteiger partial charge in [0, 0.05) is 25.7 Å². The molecule has 0 spiro atoms. The van der Waals surface area contributed by atoms with Crippen LogP contribution < -0.4 is 15.4 Å². The summed E-state index contributed by atoms with van der Waals surface area (Å²) in [5, 5.41) is 5.52. The van der Waals surface area contributed by atoms with Crippen molar-refractivity contribution in [1.29, 1.82) is 0 Å². The van der Waals surface area contributed by atoms with Crippen molar-refractivity contribution in [2.24, 2.45) is 4.99 Å². The summed E-state index contributed by atoms with van der Waals surface area (Å²) in [6, 6.07) is 2.43. The molecular formula is C15H23F4IN4O2S. The summed E-state index contributed by atoms with van der Waals surface area (Å²) in [6.07, 6.45) is -3.66. The fourth-order valence-corrected chi connectivity index (χ4v) is 3.28. The topological polar surface area (TPSA) is 82.6 Å². The third-order valence-corrected chi connectivity index (χ3v) is 4.13. The lowest BCUT2D eigenvalue weighted by atomic mass is 10.1. The highest BCUT2D eigenvalue weighted by Crippen LogP contribution is 2.32. The van der Waals surface area contributed by atoms with Gasteiger partial charge in [0.1, 0.15) is 5.82 Å². The second-order valence-electron chi connectivity index (χ2n) is 6.34. The van der Waals surface area contributed by atoms with E-state index < -0.39 is 33.1 Å². The van der Waals surface area contributed by atoms with Crippen molar-refractivity contribution < 1.29 is 26.0 Å². The Labute approximate surface area is 173 Å². The number of nitrogens with one attached hydrogen (secondary N) is 3. The van der Waals surface area contributed by atoms with E-state index in [1.807, 2.05) is 0 Å². The zero-order chi connectivity index (χ0) is 20.2. The molecule has 0 aromatic heterocycles. The number of aliphatic imine (C=N–C) groups is 1. The molecule has 3 N–H and O–H groups in total. The molecule has 0 atom stereocenters. The number of hydrogen-bond donors (Lipinski definition) is 3. The molecule has 0 saturated carbocycles. The van der Waals surface area contributed by atoms with Crippen LogP contribution in [0.15, 0.2) is 23.2 Å². The molecule has 0 aliphatic rings. The number of alkyl halides is 3. The van der Waals surface area contributed by atoms with E-state index in [-0.39, 0.29) is 48.6 Å². The third-order valence-electron chi connectivity index (χ3n) is 3.21. The lowest BCUT2D eigenvalue weighted by molar-refractivity contribution is -0.138. The Kier molecular flexibility index (Phi) is 9.45. The maximum atomic E-state index is 13.1. The van der Waals surface area contributed by atoms with Gasteiger partial charge in [-0.05, 0) is 31.5 Å². The van der Waals surface area contributed by atoms with E-state index in [1.54, 1.807) is 13.8 Å². The second kappa shape index (κ2) is 9.87. The molecule has 0 heterocycles. The van der Waals surface area contributed by atoms with Crippen molar-refractivity contribution in [2.45, 2.75) is 32.1 Å². The van der Waals surface area contributed by atoms with E-state index >= 15 is 0 Å². The Morgan fingerprint density at radius 1 is 1.19 bits per heavy atom. The van der Waals surface area contributed by atoms with Gasteiger partial charge in [-0.2, -0.15) is 13.2 Å². The van der Waals surface area contributed by atoms with Gasteiger partial charge in [0.15, 0.2) is 5.96 Å². The van der Waals surface area contributed by atoms with Gasteiger partial charge in [0.25, 0.3) is 0 Å². The molecule has 12 heteroatoms. The lowest BCUT2D eigenvalue weighted by Gasteiger charge is -2.26. The minimum Gasteiger partial charge on any atom is -0.355 e. The van der Waals surface area contributed by atoms with Gasteiger partial charge in [0.05, 0.1) is 11.8 Å². The normalized spacial score (nSPS) is 13.1. The SMILES string of the molecule is CN=C(NCc1ccc(F)cc1C(F)(F)F)NCC(C)(C)NS(C)(=O)=O.I. The highest BCUT2D eigenvalue weighted by molar-refractivity contribution is 14.0. The molecule has 0 unspecified atom stereocenters. The van der Waals surface area contributed by atoms with Crippen molar-refractivity contribution in [2.75, 3.05) is 19.8 Å². The van der Waals surface area contributed by atoms with Crippen molar-refractivity contribution in [3.63, 3.8) is 0 Å². The summed E-state index contributed by atoms with van der Waals surface area (Å²) < 4.78 is 77.1. The van der Waals surface area contributed by atoms with Crippen LogP contribution in [0.25, 0.3) is 0 Å². The molecule has 0 bridgehead atoms. The van der Waals surface area contributed by atoms with Gasteiger partial charge in [0.2, 0.25) is 10.0 Å². The molecule has 0 radical (unpaired) electrons. The number of sulfonamides is 1. The van der Waals surface area contributed by atoms with E-state index in [1.165, 1.54) is 7.05 Å². The smallest absolute Gasteiger partial charge is 0.355 e. The monoisotopic (exact) mass is 526 g/mol. The zero-order valence-corrected chi connectivity index (χ0v) is 18.4. The molecule has 0 saturated heterocycles. The van der Waals surface area contributed by atoms with Crippen LogP contribution in [0.1, 0.15) is 25.0 Å². The highest BCUT2D eigenvalue weighted by Gasteiger charge is 2.33. The van der Waals surface area contributed by atoms with E-state index in [9.17, 15) is 26.0 Å². The zero-order valence-electron chi connectivity index (χ0n) is 15.2. The number of guanidine groups is 1. The van der Waals surface area contributed by atoms with Crippen molar-refractivity contribution >= 4 is 40.0 Å². The van der Waals surface area contributed by atoms with Crippen LogP contribution in [0.3, 0.4) is 0 Å². The van der Waals surface area contributed by atoms with Gasteiger partial charge >= 0.3 is 6.18 Å². The molecule has 0 fully saturated rings. The number of halogens is 5. The minimum absolute atomic E-state index is 0. The molecule has 1 aromatic rings. The summed E-state index contributed by atoms with van der Waals surface area (Å²) in [4.78, 5) is 3.87. The Bertz CT molecular complexity index is 768. The fraction of sp³-hybridized carbons (Fsp3) is 0.533. The Balaban J connectivity index is 0.00000676. The van der Waals surface area contributed by atoms with Crippen LogP contribution in [-0.4, -0.2) is 39.8 Å². The van der Waals surface area contributed by atoms with Crippen molar-refractivity contribution in [1.82, 2.24) is 15.4 Å². The summed E-state index contributed by atoms with van der Waals surface area (Å²) in [7, 11) is -2.01. The first-order valence-corrected chi connectivity index (χ1v) is 9.42. The Hall–Kier alpha value is -1.15. The van der Waals surface area contributed by atoms with Crippen LogP contribution in [-0.2, 0) is 22.7 Å². The van der Waals surface area contributed by atoms with E-state index in [0.29, 0.717) is 6.07 Å². The number of rotatable bonds is 6. The van der Waals surface area contributed by atoms with Crippen LogP contribution in [0.5, 0.6) is 0 Å². The maximum absolute atomic E-state index is 13.1. The number of nitrogens with zero attached hydrogens (tertiary/aromatic N) is 1. The molecule has 0 aliphatic carbocycles. The number of hydrogen-bond acceptors (Lipinski definition) is 3. The van der Waals surface area contributed by atoms with Gasteiger partial charge in [-0.15, -0.1) is 24.0 Å². The molecule has 156 valence electrons. The van der Waals surface area contributed by atoms with Gasteiger partial charge in [-0.1, -0.05) is 6.07 Å². The van der Waals surface area contributed by atoms with Gasteiger partial charge < -0.3 is 10.6 Å². The molecular weight excluding hydrogens is 503 g/mol. The van der Waals surface area contributed by atoms with Crippen LogP contribution in [0.4, 0.5) is 17.6 Å². The molecule has 6 nitrogen and oxygen atoms in total. The minimum atomic E-state index is -4.68. The van der Waals surface area contributed by atoms with Crippen LogP contribution >= 0.6 is 24.0 Å². The van der Waals surface area contributed by atoms with Crippen molar-refractivity contribution in [3.05, 3.63) is 35.1 Å². The first kappa shape index (κ1) is 25.9. The molecule has 1 aromatic carbocycles. The van der Waals surface area contributed by atoms with Crippen molar-refractivity contribution in [3.8, 4) is 0 Å². The highest BCUT2D eigenvalue weighted by atomic mass is 127. The Morgan fingerprint density at radius 3 is 2.26 bits per heavy atom. The average Bonchev–Trinajstić information content (AvgIpc) is 2.45. The predicted molar refractivity (Wildman–Crippen MR) is 107 cm³/mol. The maximum Gasteiger partial charge on any atom is 0.416 e. The molecule has 1 rings (SSSR count). The standard InChI is InChI=1S/C15H22F4N4O2S.HI/c1-14(2,23-26(4,24)25)9-22-13(20-3)21-8-10-5-6-11(16)7-12(10)15(17,18)19;/h5-7,23H,8-9H2,1-4H3,(H2,20,21,22);1H.